The summed E-state index contributed by atoms with van der Waals surface area (Å²) in [6.07, 6.45) is 2.16. The lowest BCUT2D eigenvalue weighted by atomic mass is 9.92. The highest BCUT2D eigenvalue weighted by molar-refractivity contribution is 5.98. The second-order valence-corrected chi connectivity index (χ2v) is 7.46. The number of nitrogens with zero attached hydrogens (tertiary/aromatic N) is 2. The smallest absolute Gasteiger partial charge is 0.253 e. The molecular formula is C22H30FN3O2. The molecule has 1 amide bonds. The molecule has 0 radical (unpaired) electrons. The first-order valence-electron chi connectivity index (χ1n) is 10.2. The van der Waals surface area contributed by atoms with E-state index in [4.69, 9.17) is 4.74 Å². The van der Waals surface area contributed by atoms with Crippen molar-refractivity contribution < 1.29 is 13.9 Å². The number of benzene rings is 1. The molecule has 1 atom stereocenters. The number of hydrogen-bond acceptors (Lipinski definition) is 4. The minimum Gasteiger partial charge on any atom is -0.379 e. The topological polar surface area (TPSA) is 54.5 Å². The minimum absolute atomic E-state index is 0.125. The summed E-state index contributed by atoms with van der Waals surface area (Å²) in [5.41, 5.74) is 1.72. The van der Waals surface area contributed by atoms with E-state index < -0.39 is 0 Å². The van der Waals surface area contributed by atoms with Gasteiger partial charge in [0.15, 0.2) is 0 Å². The SMILES string of the molecule is CCC(CC)C(CNC(=O)c1cc2ccc(F)cc2nc1C)N1CCOCC1. The van der Waals surface area contributed by atoms with Crippen LogP contribution in [-0.4, -0.2) is 54.7 Å². The Balaban J connectivity index is 1.75. The fraction of sp³-hybridized carbons (Fsp3) is 0.545. The predicted molar refractivity (Wildman–Crippen MR) is 109 cm³/mol. The lowest BCUT2D eigenvalue weighted by Crippen LogP contribution is -2.52. The Bertz CT molecular complexity index is 817. The van der Waals surface area contributed by atoms with Gasteiger partial charge in [0.1, 0.15) is 5.82 Å². The summed E-state index contributed by atoms with van der Waals surface area (Å²) in [5, 5.41) is 3.89. The van der Waals surface area contributed by atoms with E-state index in [-0.39, 0.29) is 11.7 Å². The molecular weight excluding hydrogens is 357 g/mol. The third-order valence-corrected chi connectivity index (χ3v) is 5.79. The van der Waals surface area contributed by atoms with Gasteiger partial charge in [-0.2, -0.15) is 0 Å². The van der Waals surface area contributed by atoms with Crippen LogP contribution in [0.25, 0.3) is 10.9 Å². The quantitative estimate of drug-likeness (QED) is 0.789. The highest BCUT2D eigenvalue weighted by Gasteiger charge is 2.27. The van der Waals surface area contributed by atoms with Gasteiger partial charge in [0.05, 0.1) is 30.0 Å². The van der Waals surface area contributed by atoms with Gasteiger partial charge in [-0.25, -0.2) is 4.39 Å². The van der Waals surface area contributed by atoms with Gasteiger partial charge in [-0.15, -0.1) is 0 Å². The van der Waals surface area contributed by atoms with E-state index in [9.17, 15) is 9.18 Å². The van der Waals surface area contributed by atoms with Gasteiger partial charge in [0.2, 0.25) is 0 Å². The molecule has 152 valence electrons. The molecule has 0 spiro atoms. The van der Waals surface area contributed by atoms with Crippen LogP contribution in [0.4, 0.5) is 4.39 Å². The first-order valence-corrected chi connectivity index (χ1v) is 10.2. The Labute approximate surface area is 166 Å². The average Bonchev–Trinajstić information content (AvgIpc) is 2.71. The summed E-state index contributed by atoms with van der Waals surface area (Å²) in [7, 11) is 0. The number of morpholine rings is 1. The summed E-state index contributed by atoms with van der Waals surface area (Å²) in [5.74, 6) is 0.0766. The van der Waals surface area contributed by atoms with Gasteiger partial charge in [-0.3, -0.25) is 14.7 Å². The zero-order valence-electron chi connectivity index (χ0n) is 17.0. The Kier molecular flexibility index (Phi) is 6.97. The first kappa shape index (κ1) is 20.7. The summed E-state index contributed by atoms with van der Waals surface area (Å²) < 4.78 is 18.9. The maximum atomic E-state index is 13.4. The van der Waals surface area contributed by atoms with Crippen molar-refractivity contribution in [3.05, 3.63) is 41.3 Å². The summed E-state index contributed by atoms with van der Waals surface area (Å²) in [6, 6.07) is 6.54. The number of carbonyl (C=O) groups is 1. The number of pyridine rings is 1. The van der Waals surface area contributed by atoms with E-state index in [1.54, 1.807) is 19.1 Å². The van der Waals surface area contributed by atoms with Crippen LogP contribution in [0.3, 0.4) is 0 Å². The number of nitrogens with one attached hydrogen (secondary N) is 1. The number of halogens is 1. The van der Waals surface area contributed by atoms with E-state index in [0.717, 1.165) is 44.5 Å². The molecule has 1 saturated heterocycles. The van der Waals surface area contributed by atoms with Crippen molar-refractivity contribution >= 4 is 16.8 Å². The first-order chi connectivity index (χ1) is 13.5. The lowest BCUT2D eigenvalue weighted by Gasteiger charge is -2.38. The predicted octanol–water partition coefficient (Wildman–Crippen LogP) is 3.55. The minimum atomic E-state index is -0.324. The number of fused-ring (bicyclic) bond motifs is 1. The summed E-state index contributed by atoms with van der Waals surface area (Å²) >= 11 is 0. The summed E-state index contributed by atoms with van der Waals surface area (Å²) in [6.45, 7) is 10.1. The van der Waals surface area contributed by atoms with E-state index in [1.807, 2.05) is 0 Å². The van der Waals surface area contributed by atoms with Gasteiger partial charge in [0, 0.05) is 37.1 Å². The molecule has 1 fully saturated rings. The molecule has 1 aliphatic heterocycles. The Hall–Kier alpha value is -2.05. The fourth-order valence-corrected chi connectivity index (χ4v) is 4.09. The number of carbonyl (C=O) groups excluding carboxylic acids is 1. The van der Waals surface area contributed by atoms with Crippen LogP contribution in [0.1, 0.15) is 42.7 Å². The van der Waals surface area contributed by atoms with Gasteiger partial charge >= 0.3 is 0 Å². The van der Waals surface area contributed by atoms with Crippen molar-refractivity contribution in [2.75, 3.05) is 32.8 Å². The van der Waals surface area contributed by atoms with Crippen LogP contribution in [-0.2, 0) is 4.74 Å². The van der Waals surface area contributed by atoms with E-state index in [1.165, 1.54) is 12.1 Å². The molecule has 5 nitrogen and oxygen atoms in total. The van der Waals surface area contributed by atoms with Crippen molar-refractivity contribution in [1.82, 2.24) is 15.2 Å². The van der Waals surface area contributed by atoms with E-state index >= 15 is 0 Å². The lowest BCUT2D eigenvalue weighted by molar-refractivity contribution is 0.00191. The van der Waals surface area contributed by atoms with Gasteiger partial charge in [-0.1, -0.05) is 26.7 Å². The maximum absolute atomic E-state index is 13.4. The normalized spacial score (nSPS) is 16.5. The Morgan fingerprint density at radius 2 is 1.96 bits per heavy atom. The molecule has 0 bridgehead atoms. The van der Waals surface area contributed by atoms with Crippen LogP contribution >= 0.6 is 0 Å². The van der Waals surface area contributed by atoms with Gasteiger partial charge in [-0.05, 0) is 31.0 Å². The van der Waals surface area contributed by atoms with Crippen molar-refractivity contribution in [3.8, 4) is 0 Å². The van der Waals surface area contributed by atoms with Gasteiger partial charge in [0.25, 0.3) is 5.91 Å². The number of rotatable bonds is 7. The molecule has 1 aliphatic rings. The highest BCUT2D eigenvalue weighted by atomic mass is 19.1. The van der Waals surface area contributed by atoms with E-state index in [0.29, 0.717) is 35.3 Å². The highest BCUT2D eigenvalue weighted by Crippen LogP contribution is 2.21. The number of aromatic nitrogens is 1. The molecule has 6 heteroatoms. The zero-order chi connectivity index (χ0) is 20.1. The number of hydrogen-bond donors (Lipinski definition) is 1. The van der Waals surface area contributed by atoms with E-state index in [2.05, 4.69) is 29.0 Å². The zero-order valence-corrected chi connectivity index (χ0v) is 17.0. The molecule has 0 saturated carbocycles. The van der Waals surface area contributed by atoms with Crippen molar-refractivity contribution in [3.63, 3.8) is 0 Å². The average molecular weight is 387 g/mol. The Morgan fingerprint density at radius 1 is 1.25 bits per heavy atom. The largest absolute Gasteiger partial charge is 0.379 e. The molecule has 3 rings (SSSR count). The second-order valence-electron chi connectivity index (χ2n) is 7.46. The van der Waals surface area contributed by atoms with Crippen LogP contribution in [0, 0.1) is 18.7 Å². The van der Waals surface area contributed by atoms with Crippen molar-refractivity contribution in [2.45, 2.75) is 39.7 Å². The monoisotopic (exact) mass is 387 g/mol. The van der Waals surface area contributed by atoms with Crippen LogP contribution in [0.2, 0.25) is 0 Å². The molecule has 1 aromatic heterocycles. The fourth-order valence-electron chi connectivity index (χ4n) is 4.09. The molecule has 1 aromatic carbocycles. The standard InChI is InChI=1S/C22H30FN3O2/c1-4-16(5-2)21(26-8-10-28-11-9-26)14-24-22(27)19-12-17-6-7-18(23)13-20(17)25-15(19)3/h6-7,12-13,16,21H,4-5,8-11,14H2,1-3H3,(H,24,27). The molecule has 1 unspecified atom stereocenters. The second kappa shape index (κ2) is 9.43. The maximum Gasteiger partial charge on any atom is 0.253 e. The van der Waals surface area contributed by atoms with Crippen molar-refractivity contribution in [2.24, 2.45) is 5.92 Å². The van der Waals surface area contributed by atoms with Crippen LogP contribution in [0.5, 0.6) is 0 Å². The van der Waals surface area contributed by atoms with Crippen molar-refractivity contribution in [1.29, 1.82) is 0 Å². The molecule has 28 heavy (non-hydrogen) atoms. The van der Waals surface area contributed by atoms with Crippen LogP contribution < -0.4 is 5.32 Å². The number of aryl methyl sites for hydroxylation is 1. The molecule has 0 aliphatic carbocycles. The third kappa shape index (κ3) is 4.67. The Morgan fingerprint density at radius 3 is 2.64 bits per heavy atom. The summed E-state index contributed by atoms with van der Waals surface area (Å²) in [4.78, 5) is 19.7. The number of ether oxygens (including phenoxy) is 1. The number of amides is 1. The van der Waals surface area contributed by atoms with Gasteiger partial charge < -0.3 is 10.1 Å². The molecule has 2 heterocycles. The molecule has 1 N–H and O–H groups in total. The van der Waals surface area contributed by atoms with Crippen LogP contribution in [0.15, 0.2) is 24.3 Å². The molecule has 2 aromatic rings. The third-order valence-electron chi connectivity index (χ3n) is 5.79.